The molecule has 0 amide bonds. The molecule has 4 heterocycles. The fourth-order valence-electron chi connectivity index (χ4n) is 7.45. The quantitative estimate of drug-likeness (QED) is 0.202. The van der Waals surface area contributed by atoms with Gasteiger partial charge in [-0.25, -0.2) is 4.98 Å². The van der Waals surface area contributed by atoms with Gasteiger partial charge in [-0.2, -0.15) is 0 Å². The van der Waals surface area contributed by atoms with Gasteiger partial charge >= 0.3 is 0 Å². The Hall–Kier alpha value is -5.16. The minimum absolute atomic E-state index is 0.00914. The number of hydrogen-bond acceptors (Lipinski definition) is 4. The van der Waals surface area contributed by atoms with Crippen LogP contribution in [-0.2, 0) is 10.8 Å². The zero-order valence-electron chi connectivity index (χ0n) is 27.4. The van der Waals surface area contributed by atoms with Crippen molar-refractivity contribution in [3.63, 3.8) is 0 Å². The van der Waals surface area contributed by atoms with Crippen molar-refractivity contribution >= 4 is 11.3 Å². The second kappa shape index (κ2) is 10.2. The van der Waals surface area contributed by atoms with E-state index >= 15 is 0 Å². The van der Waals surface area contributed by atoms with Gasteiger partial charge in [-0.3, -0.25) is 4.98 Å². The van der Waals surface area contributed by atoms with Gasteiger partial charge in [0.25, 0.3) is 0 Å². The highest BCUT2D eigenvalue weighted by Crippen LogP contribution is 2.57. The first kappa shape index (κ1) is 28.3. The van der Waals surface area contributed by atoms with Crippen LogP contribution in [0.5, 0.6) is 0 Å². The number of rotatable bonds is 4. The highest BCUT2D eigenvalue weighted by atomic mass is 15.3. The molecule has 0 atom stereocenters. The largest absolute Gasteiger partial charge is 0.361 e. The topological polar surface area (TPSA) is 36.7 Å². The molecule has 3 aromatic heterocycles. The molecular weight excluding hydrogens is 562 g/mol. The van der Waals surface area contributed by atoms with Gasteiger partial charge in [0.2, 0.25) is 0 Å². The molecule has 0 radical (unpaired) electrons. The number of fused-ring (bicyclic) bond motifs is 4. The third-order valence-corrected chi connectivity index (χ3v) is 9.96. The zero-order valence-corrected chi connectivity index (χ0v) is 27.4. The minimum Gasteiger partial charge on any atom is -0.361 e. The lowest BCUT2D eigenvalue weighted by Crippen LogP contribution is -2.30. The van der Waals surface area contributed by atoms with Crippen molar-refractivity contribution in [1.82, 2.24) is 19.3 Å². The first-order valence-corrected chi connectivity index (χ1v) is 16.1. The van der Waals surface area contributed by atoms with Crippen LogP contribution < -0.4 is 4.90 Å². The Kier molecular flexibility index (Phi) is 6.27. The maximum Gasteiger partial charge on any atom is 0.142 e. The molecule has 0 fully saturated rings. The molecule has 5 nitrogen and oxygen atoms in total. The lowest BCUT2D eigenvalue weighted by Gasteiger charge is -2.35. The van der Waals surface area contributed by atoms with Crippen molar-refractivity contribution in [2.75, 3.05) is 18.6 Å². The van der Waals surface area contributed by atoms with Crippen molar-refractivity contribution < 1.29 is 0 Å². The molecule has 2 aliphatic rings. The average molecular weight is 602 g/mol. The van der Waals surface area contributed by atoms with Crippen LogP contribution >= 0.6 is 0 Å². The van der Waals surface area contributed by atoms with E-state index in [1.807, 2.05) is 6.20 Å². The lowest BCUT2D eigenvalue weighted by atomic mass is 9.67. The first-order chi connectivity index (χ1) is 22.2. The van der Waals surface area contributed by atoms with Gasteiger partial charge in [0.15, 0.2) is 0 Å². The van der Waals surface area contributed by atoms with Gasteiger partial charge < -0.3 is 14.2 Å². The second-order valence-electron chi connectivity index (χ2n) is 13.9. The monoisotopic (exact) mass is 601 g/mol. The molecule has 1 aliphatic carbocycles. The number of imidazole rings is 1. The number of aromatic nitrogens is 3. The van der Waals surface area contributed by atoms with Crippen LogP contribution in [0.15, 0.2) is 116 Å². The molecule has 6 aromatic rings. The molecule has 0 spiro atoms. The zero-order chi connectivity index (χ0) is 31.8. The molecule has 3 aromatic carbocycles. The second-order valence-corrected chi connectivity index (χ2v) is 13.9. The Morgan fingerprint density at radius 2 is 1.48 bits per heavy atom. The smallest absolute Gasteiger partial charge is 0.142 e. The van der Waals surface area contributed by atoms with E-state index in [1.165, 1.54) is 39.1 Å². The molecule has 1 aliphatic heterocycles. The normalized spacial score (nSPS) is 15.1. The van der Waals surface area contributed by atoms with Crippen molar-refractivity contribution in [1.29, 1.82) is 0 Å². The summed E-state index contributed by atoms with van der Waals surface area (Å²) >= 11 is 0. The average Bonchev–Trinajstić information content (AvgIpc) is 3.72. The SMILES string of the molecule is Cc1nc2c(C3(c4cccc(N5C=CN(C)C5)c4)c4ccccc4-c4ccccc43)cc(-c3cc(C(C)(C)C)ccn3)cn2c1C. The highest BCUT2D eigenvalue weighted by molar-refractivity contribution is 5.89. The van der Waals surface area contributed by atoms with E-state index in [0.29, 0.717) is 0 Å². The van der Waals surface area contributed by atoms with E-state index < -0.39 is 5.41 Å². The molecule has 0 N–H and O–H groups in total. The van der Waals surface area contributed by atoms with Crippen LogP contribution in [0.2, 0.25) is 0 Å². The van der Waals surface area contributed by atoms with Gasteiger partial charge in [-0.15, -0.1) is 0 Å². The van der Waals surface area contributed by atoms with Crippen molar-refractivity contribution in [2.45, 2.75) is 45.4 Å². The Morgan fingerprint density at radius 1 is 0.761 bits per heavy atom. The number of pyridine rings is 2. The lowest BCUT2D eigenvalue weighted by molar-refractivity contribution is 0.495. The molecule has 5 heteroatoms. The van der Waals surface area contributed by atoms with E-state index in [2.05, 4.69) is 165 Å². The van der Waals surface area contributed by atoms with Gasteiger partial charge in [-0.05, 0) is 83.0 Å². The van der Waals surface area contributed by atoms with Crippen molar-refractivity contribution in [2.24, 2.45) is 0 Å². The van der Waals surface area contributed by atoms with Crippen LogP contribution in [0.3, 0.4) is 0 Å². The summed E-state index contributed by atoms with van der Waals surface area (Å²) in [7, 11) is 2.11. The summed E-state index contributed by atoms with van der Waals surface area (Å²) in [6.07, 6.45) is 8.47. The molecule has 46 heavy (non-hydrogen) atoms. The van der Waals surface area contributed by atoms with Gasteiger partial charge in [0.1, 0.15) is 5.65 Å². The number of anilines is 1. The van der Waals surface area contributed by atoms with Gasteiger partial charge in [-0.1, -0.05) is 81.4 Å². The molecule has 0 saturated carbocycles. The van der Waals surface area contributed by atoms with Gasteiger partial charge in [0, 0.05) is 54.3 Å². The number of aryl methyl sites for hydroxylation is 2. The highest BCUT2D eigenvalue weighted by Gasteiger charge is 2.48. The predicted octanol–water partition coefficient (Wildman–Crippen LogP) is 8.85. The Bertz CT molecular complexity index is 2130. The van der Waals surface area contributed by atoms with E-state index in [4.69, 9.17) is 9.97 Å². The number of hydrogen-bond donors (Lipinski definition) is 0. The number of benzene rings is 3. The van der Waals surface area contributed by atoms with Crippen LogP contribution in [0.1, 0.15) is 60.0 Å². The number of nitrogens with zero attached hydrogens (tertiary/aromatic N) is 5. The van der Waals surface area contributed by atoms with Crippen LogP contribution in [0, 0.1) is 13.8 Å². The van der Waals surface area contributed by atoms with E-state index in [-0.39, 0.29) is 5.41 Å². The summed E-state index contributed by atoms with van der Waals surface area (Å²) in [6, 6.07) is 33.7. The molecular formula is C41H39N5. The molecule has 0 unspecified atom stereocenters. The van der Waals surface area contributed by atoms with Crippen LogP contribution in [-0.4, -0.2) is 33.0 Å². The summed E-state index contributed by atoms with van der Waals surface area (Å²) in [5, 5.41) is 0. The third kappa shape index (κ3) is 4.14. The summed E-state index contributed by atoms with van der Waals surface area (Å²) in [5.74, 6) is 0. The van der Waals surface area contributed by atoms with E-state index in [9.17, 15) is 0 Å². The Balaban J connectivity index is 1.50. The summed E-state index contributed by atoms with van der Waals surface area (Å²) < 4.78 is 2.29. The fraction of sp³-hybridized carbons (Fsp3) is 0.220. The van der Waals surface area contributed by atoms with Crippen LogP contribution in [0.4, 0.5) is 5.69 Å². The fourth-order valence-corrected chi connectivity index (χ4v) is 7.45. The maximum absolute atomic E-state index is 5.29. The van der Waals surface area contributed by atoms with Crippen molar-refractivity contribution in [3.05, 3.63) is 155 Å². The molecule has 0 saturated heterocycles. The molecule has 228 valence electrons. The van der Waals surface area contributed by atoms with Gasteiger partial charge in [0.05, 0.1) is 23.5 Å². The summed E-state index contributed by atoms with van der Waals surface area (Å²) in [6.45, 7) is 11.9. The standard InChI is InChI=1S/C41H39N5/c1-27-28(2)46-25-29(38-24-30(18-19-42-38)40(3,4)5)22-37(39(46)43-27)41(31-12-11-13-32(23-31)45-21-20-44(6)26-45)35-16-9-7-14-33(35)34-15-8-10-17-36(34)41/h7-25H,26H2,1-6H3. The molecule has 8 rings (SSSR count). The maximum atomic E-state index is 5.29. The Morgan fingerprint density at radius 3 is 2.15 bits per heavy atom. The summed E-state index contributed by atoms with van der Waals surface area (Å²) in [4.78, 5) is 14.7. The van der Waals surface area contributed by atoms with Crippen molar-refractivity contribution in [3.8, 4) is 22.4 Å². The predicted molar refractivity (Wildman–Crippen MR) is 188 cm³/mol. The Labute approximate surface area is 271 Å². The van der Waals surface area contributed by atoms with E-state index in [0.717, 1.165) is 40.5 Å². The molecule has 0 bridgehead atoms. The van der Waals surface area contributed by atoms with E-state index in [1.54, 1.807) is 0 Å². The van der Waals surface area contributed by atoms with Crippen LogP contribution in [0.25, 0.3) is 28.0 Å². The third-order valence-electron chi connectivity index (χ3n) is 9.96. The minimum atomic E-state index is -0.609. The summed E-state index contributed by atoms with van der Waals surface area (Å²) in [5.41, 5.74) is 14.5. The first-order valence-electron chi connectivity index (χ1n) is 16.1.